The van der Waals surface area contributed by atoms with Crippen LogP contribution < -0.4 is 14.9 Å². The Morgan fingerprint density at radius 1 is 0.950 bits per heavy atom. The highest BCUT2D eigenvalue weighted by atomic mass is 16.6. The lowest BCUT2D eigenvalue weighted by Crippen LogP contribution is -2.00. The third-order valence-electron chi connectivity index (χ3n) is 2.89. The first-order valence-electron chi connectivity index (χ1n) is 6.12. The van der Waals surface area contributed by atoms with Gasteiger partial charge in [-0.15, -0.1) is 0 Å². The van der Waals surface area contributed by atoms with Crippen molar-refractivity contribution in [2.75, 3.05) is 7.11 Å². The summed E-state index contributed by atoms with van der Waals surface area (Å²) in [5, 5.41) is 0.528. The standard InChI is InChI=1S/C16H12O4/c1-18-14-8-4-5-9-15(14)20-16-10-12(17)11-6-2-3-7-13(11)19-16/h2-10H,1H3. The molecule has 0 amide bonds. The van der Waals surface area contributed by atoms with Gasteiger partial charge in [0.1, 0.15) is 5.58 Å². The van der Waals surface area contributed by atoms with Crippen molar-refractivity contribution >= 4 is 11.0 Å². The van der Waals surface area contributed by atoms with Gasteiger partial charge in [0, 0.05) is 0 Å². The van der Waals surface area contributed by atoms with Crippen LogP contribution in [0.25, 0.3) is 11.0 Å². The number of hydrogen-bond donors (Lipinski definition) is 0. The predicted molar refractivity (Wildman–Crippen MR) is 75.6 cm³/mol. The molecule has 1 aromatic heterocycles. The van der Waals surface area contributed by atoms with Gasteiger partial charge >= 0.3 is 0 Å². The lowest BCUT2D eigenvalue weighted by atomic mass is 10.2. The summed E-state index contributed by atoms with van der Waals surface area (Å²) in [5.74, 6) is 1.20. The van der Waals surface area contributed by atoms with Gasteiger partial charge < -0.3 is 13.9 Å². The highest BCUT2D eigenvalue weighted by Crippen LogP contribution is 2.31. The molecule has 4 nitrogen and oxygen atoms in total. The van der Waals surface area contributed by atoms with Crippen LogP contribution in [0.3, 0.4) is 0 Å². The van der Waals surface area contributed by atoms with Gasteiger partial charge in [-0.1, -0.05) is 24.3 Å². The molecular weight excluding hydrogens is 256 g/mol. The van der Waals surface area contributed by atoms with E-state index in [1.807, 2.05) is 12.1 Å². The molecule has 4 heteroatoms. The third kappa shape index (κ3) is 2.23. The molecule has 0 bridgehead atoms. The Kier molecular flexibility index (Phi) is 3.13. The average Bonchev–Trinajstić information content (AvgIpc) is 2.48. The Labute approximate surface area is 115 Å². The van der Waals surface area contributed by atoms with E-state index < -0.39 is 0 Å². The highest BCUT2D eigenvalue weighted by Gasteiger charge is 2.09. The van der Waals surface area contributed by atoms with Gasteiger partial charge in [-0.25, -0.2) is 0 Å². The highest BCUT2D eigenvalue weighted by molar-refractivity contribution is 5.76. The van der Waals surface area contributed by atoms with E-state index in [9.17, 15) is 4.79 Å². The smallest absolute Gasteiger partial charge is 0.294 e. The SMILES string of the molecule is COc1ccccc1Oc1cc(=O)c2ccccc2o1. The van der Waals surface area contributed by atoms with Crippen LogP contribution in [-0.2, 0) is 0 Å². The minimum atomic E-state index is -0.142. The largest absolute Gasteiger partial charge is 0.493 e. The van der Waals surface area contributed by atoms with Crippen LogP contribution in [0.5, 0.6) is 17.4 Å². The monoisotopic (exact) mass is 268 g/mol. The quantitative estimate of drug-likeness (QED) is 0.728. The van der Waals surface area contributed by atoms with Crippen LogP contribution in [0.15, 0.2) is 63.8 Å². The first kappa shape index (κ1) is 12.3. The van der Waals surface area contributed by atoms with E-state index in [1.165, 1.54) is 6.07 Å². The third-order valence-corrected chi connectivity index (χ3v) is 2.89. The van der Waals surface area contributed by atoms with Crippen molar-refractivity contribution in [2.24, 2.45) is 0 Å². The number of benzene rings is 2. The average molecular weight is 268 g/mol. The Morgan fingerprint density at radius 3 is 2.45 bits per heavy atom. The second kappa shape index (κ2) is 5.09. The number of methoxy groups -OCH3 is 1. The van der Waals surface area contributed by atoms with Gasteiger partial charge in [0.05, 0.1) is 18.6 Å². The normalized spacial score (nSPS) is 10.4. The van der Waals surface area contributed by atoms with Crippen molar-refractivity contribution in [3.63, 3.8) is 0 Å². The molecule has 0 spiro atoms. The van der Waals surface area contributed by atoms with E-state index in [0.717, 1.165) is 0 Å². The van der Waals surface area contributed by atoms with Crippen molar-refractivity contribution in [1.29, 1.82) is 0 Å². The first-order valence-corrected chi connectivity index (χ1v) is 6.12. The summed E-state index contributed by atoms with van der Waals surface area (Å²) in [5.41, 5.74) is 0.349. The molecule has 0 aliphatic carbocycles. The Balaban J connectivity index is 2.05. The first-order chi connectivity index (χ1) is 9.78. The number of fused-ring (bicyclic) bond motifs is 1. The number of hydrogen-bond acceptors (Lipinski definition) is 4. The van der Waals surface area contributed by atoms with E-state index in [1.54, 1.807) is 43.5 Å². The minimum Gasteiger partial charge on any atom is -0.493 e. The van der Waals surface area contributed by atoms with E-state index >= 15 is 0 Å². The molecule has 0 saturated carbocycles. The van der Waals surface area contributed by atoms with Crippen LogP contribution in [0.2, 0.25) is 0 Å². The molecule has 0 aliphatic heterocycles. The topological polar surface area (TPSA) is 48.7 Å². The fourth-order valence-electron chi connectivity index (χ4n) is 1.94. The molecule has 20 heavy (non-hydrogen) atoms. The fourth-order valence-corrected chi connectivity index (χ4v) is 1.94. The maximum absolute atomic E-state index is 12.0. The molecule has 2 aromatic carbocycles. The molecular formula is C16H12O4. The number of rotatable bonds is 3. The molecule has 0 N–H and O–H groups in total. The number of para-hydroxylation sites is 3. The van der Waals surface area contributed by atoms with Crippen LogP contribution in [0.4, 0.5) is 0 Å². The van der Waals surface area contributed by atoms with Crippen molar-refractivity contribution < 1.29 is 13.9 Å². The predicted octanol–water partition coefficient (Wildman–Crippen LogP) is 3.59. The zero-order valence-corrected chi connectivity index (χ0v) is 10.8. The van der Waals surface area contributed by atoms with Gasteiger partial charge in [0.2, 0.25) is 0 Å². The summed E-state index contributed by atoms with van der Waals surface area (Å²) in [7, 11) is 1.55. The van der Waals surface area contributed by atoms with Gasteiger partial charge in [0.25, 0.3) is 5.95 Å². The molecule has 100 valence electrons. The summed E-state index contributed by atoms with van der Waals surface area (Å²) in [6, 6.07) is 15.5. The molecule has 0 radical (unpaired) electrons. The summed E-state index contributed by atoms with van der Waals surface area (Å²) >= 11 is 0. The zero-order valence-electron chi connectivity index (χ0n) is 10.8. The summed E-state index contributed by atoms with van der Waals surface area (Å²) in [6.07, 6.45) is 0. The van der Waals surface area contributed by atoms with Crippen molar-refractivity contribution in [3.05, 3.63) is 64.8 Å². The van der Waals surface area contributed by atoms with Crippen molar-refractivity contribution in [1.82, 2.24) is 0 Å². The van der Waals surface area contributed by atoms with Crippen LogP contribution >= 0.6 is 0 Å². The van der Waals surface area contributed by atoms with Gasteiger partial charge in [-0.05, 0) is 24.3 Å². The molecule has 1 heterocycles. The summed E-state index contributed by atoms with van der Waals surface area (Å²) in [4.78, 5) is 12.0. The van der Waals surface area contributed by atoms with Crippen molar-refractivity contribution in [2.45, 2.75) is 0 Å². The Morgan fingerprint density at radius 2 is 1.65 bits per heavy atom. The van der Waals surface area contributed by atoms with Crippen LogP contribution in [0, 0.1) is 0 Å². The van der Waals surface area contributed by atoms with Crippen LogP contribution in [-0.4, -0.2) is 7.11 Å². The fraction of sp³-hybridized carbons (Fsp3) is 0.0625. The van der Waals surface area contributed by atoms with E-state index in [4.69, 9.17) is 13.9 Å². The van der Waals surface area contributed by atoms with Gasteiger partial charge in [-0.2, -0.15) is 0 Å². The Hall–Kier alpha value is -2.75. The number of ether oxygens (including phenoxy) is 2. The maximum Gasteiger partial charge on any atom is 0.294 e. The van der Waals surface area contributed by atoms with E-state index in [-0.39, 0.29) is 11.4 Å². The molecule has 3 rings (SSSR count). The van der Waals surface area contributed by atoms with Crippen molar-refractivity contribution in [3.8, 4) is 17.4 Å². The molecule has 0 aliphatic rings. The summed E-state index contributed by atoms with van der Waals surface area (Å²) < 4.78 is 16.4. The lowest BCUT2D eigenvalue weighted by Gasteiger charge is -2.09. The van der Waals surface area contributed by atoms with Gasteiger partial charge in [0.15, 0.2) is 16.9 Å². The lowest BCUT2D eigenvalue weighted by molar-refractivity contribution is 0.327. The zero-order chi connectivity index (χ0) is 13.9. The van der Waals surface area contributed by atoms with Crippen LogP contribution in [0.1, 0.15) is 0 Å². The van der Waals surface area contributed by atoms with E-state index in [2.05, 4.69) is 0 Å². The maximum atomic E-state index is 12.0. The molecule has 0 saturated heterocycles. The van der Waals surface area contributed by atoms with Gasteiger partial charge in [-0.3, -0.25) is 4.79 Å². The Bertz CT molecular complexity index is 805. The second-order valence-corrected chi connectivity index (χ2v) is 4.18. The molecule has 0 unspecified atom stereocenters. The van der Waals surface area contributed by atoms with E-state index in [0.29, 0.717) is 22.5 Å². The minimum absolute atomic E-state index is 0.137. The second-order valence-electron chi connectivity index (χ2n) is 4.18. The molecule has 3 aromatic rings. The molecule has 0 fully saturated rings. The summed E-state index contributed by atoms with van der Waals surface area (Å²) in [6.45, 7) is 0. The molecule has 0 atom stereocenters.